The zero-order chi connectivity index (χ0) is 28.5. The van der Waals surface area contributed by atoms with Crippen LogP contribution in [-0.2, 0) is 9.53 Å². The lowest BCUT2D eigenvalue weighted by molar-refractivity contribution is -0.130. The van der Waals surface area contributed by atoms with Crippen molar-refractivity contribution >= 4 is 41.1 Å². The molecule has 1 aliphatic heterocycles. The normalized spacial score (nSPS) is 18.6. The summed E-state index contributed by atoms with van der Waals surface area (Å²) in [7, 11) is 0. The van der Waals surface area contributed by atoms with E-state index in [1.165, 1.54) is 0 Å². The van der Waals surface area contributed by atoms with Gasteiger partial charge in [0.2, 0.25) is 5.90 Å². The number of hydrogen-bond acceptors (Lipinski definition) is 6. The number of benzene rings is 3. The molecule has 2 atom stereocenters. The zero-order valence-electron chi connectivity index (χ0n) is 22.4. The second-order valence-corrected chi connectivity index (χ2v) is 10.6. The molecule has 7 nitrogen and oxygen atoms in total. The van der Waals surface area contributed by atoms with Crippen molar-refractivity contribution in [3.63, 3.8) is 0 Å². The number of hydrazine groups is 1. The fourth-order valence-corrected chi connectivity index (χ4v) is 4.77. The van der Waals surface area contributed by atoms with Gasteiger partial charge in [0.1, 0.15) is 5.75 Å². The Kier molecular flexibility index (Phi) is 10.2. The molecular weight excluding hydrogens is 549 g/mol. The number of ether oxygens (including phenoxy) is 2. The number of aliphatic hydroxyl groups is 1. The lowest BCUT2D eigenvalue weighted by Crippen LogP contribution is -2.54. The number of hydrogen-bond donors (Lipinski definition) is 3. The molecule has 0 aromatic heterocycles. The summed E-state index contributed by atoms with van der Waals surface area (Å²) in [6.45, 7) is 4.33. The third-order valence-corrected chi connectivity index (χ3v) is 6.85. The first-order chi connectivity index (χ1) is 19.3. The van der Waals surface area contributed by atoms with Gasteiger partial charge < -0.3 is 14.6 Å². The van der Waals surface area contributed by atoms with Crippen molar-refractivity contribution in [3.8, 4) is 5.75 Å². The molecule has 40 heavy (non-hydrogen) atoms. The molecule has 0 unspecified atom stereocenters. The molecule has 0 spiro atoms. The number of carbonyl (C=O) groups excluding carboxylic acids is 1. The van der Waals surface area contributed by atoms with E-state index in [4.69, 9.17) is 42.8 Å². The summed E-state index contributed by atoms with van der Waals surface area (Å²) in [5, 5.41) is 9.86. The number of carbonyl (C=O) groups is 1. The van der Waals surface area contributed by atoms with E-state index in [0.717, 1.165) is 5.56 Å². The van der Waals surface area contributed by atoms with Crippen molar-refractivity contribution in [2.75, 3.05) is 13.2 Å². The highest BCUT2D eigenvalue weighted by atomic mass is 35.5. The minimum absolute atomic E-state index is 0.00239. The second kappa shape index (κ2) is 13.8. The molecule has 210 valence electrons. The SMILES string of the molecule is CC(C)NNC(=O)[C@@]1(C/C=C/c2ccccc2)N=C(c2ccc(OCCCO)cc2)O[C@H]1c1ccc(Cl)cc1Cl. The van der Waals surface area contributed by atoms with E-state index < -0.39 is 11.6 Å². The fraction of sp³-hybridized carbons (Fsp3) is 0.290. The first-order valence-electron chi connectivity index (χ1n) is 13.2. The van der Waals surface area contributed by atoms with Crippen LogP contribution in [0.4, 0.5) is 0 Å². The zero-order valence-corrected chi connectivity index (χ0v) is 24.0. The van der Waals surface area contributed by atoms with Crippen molar-refractivity contribution in [2.24, 2.45) is 4.99 Å². The summed E-state index contributed by atoms with van der Waals surface area (Å²) in [5.41, 5.74) is 6.74. The Morgan fingerprint density at radius 1 is 1.12 bits per heavy atom. The average Bonchev–Trinajstić information content (AvgIpc) is 3.33. The number of nitrogens with zero attached hydrogens (tertiary/aromatic N) is 1. The molecule has 0 bridgehead atoms. The molecule has 0 radical (unpaired) electrons. The number of halogens is 2. The van der Waals surface area contributed by atoms with E-state index >= 15 is 0 Å². The average molecular weight is 583 g/mol. The Hall–Kier alpha value is -3.36. The van der Waals surface area contributed by atoms with Crippen LogP contribution >= 0.6 is 23.2 Å². The molecule has 1 heterocycles. The van der Waals surface area contributed by atoms with Crippen LogP contribution in [0.25, 0.3) is 6.08 Å². The Morgan fingerprint density at radius 2 is 1.88 bits per heavy atom. The Bertz CT molecular complexity index is 1350. The molecular formula is C31H33Cl2N3O4. The van der Waals surface area contributed by atoms with E-state index in [9.17, 15) is 4.79 Å². The van der Waals surface area contributed by atoms with Crippen LogP contribution in [-0.4, -0.2) is 41.7 Å². The third-order valence-electron chi connectivity index (χ3n) is 6.29. The Morgan fingerprint density at radius 3 is 2.55 bits per heavy atom. The van der Waals surface area contributed by atoms with E-state index in [2.05, 4.69) is 10.9 Å². The van der Waals surface area contributed by atoms with Crippen LogP contribution in [0, 0.1) is 0 Å². The maximum absolute atomic E-state index is 13.9. The molecule has 3 aromatic carbocycles. The van der Waals surface area contributed by atoms with Gasteiger partial charge in [-0.25, -0.2) is 10.4 Å². The number of amides is 1. The number of nitrogens with one attached hydrogen (secondary N) is 2. The first kappa shape index (κ1) is 29.6. The second-order valence-electron chi connectivity index (χ2n) is 9.73. The van der Waals surface area contributed by atoms with Gasteiger partial charge in [0, 0.05) is 46.7 Å². The lowest BCUT2D eigenvalue weighted by atomic mass is 9.84. The van der Waals surface area contributed by atoms with E-state index in [-0.39, 0.29) is 25.0 Å². The molecule has 0 aliphatic carbocycles. The van der Waals surface area contributed by atoms with Crippen LogP contribution in [0.3, 0.4) is 0 Å². The maximum atomic E-state index is 13.9. The summed E-state index contributed by atoms with van der Waals surface area (Å²) < 4.78 is 12.1. The summed E-state index contributed by atoms with van der Waals surface area (Å²) >= 11 is 12.9. The molecule has 4 rings (SSSR count). The van der Waals surface area contributed by atoms with E-state index in [0.29, 0.717) is 45.8 Å². The minimum Gasteiger partial charge on any atom is -0.494 e. The molecule has 0 fully saturated rings. The first-order valence-corrected chi connectivity index (χ1v) is 13.9. The summed E-state index contributed by atoms with van der Waals surface area (Å²) in [4.78, 5) is 18.9. The molecule has 3 N–H and O–H groups in total. The standard InChI is InChI=1S/C31H33Cl2N3O4/c1-21(2)35-36-30(38)31(17-6-10-22-8-4-3-5-9-22)28(26-16-13-24(32)20-27(26)33)40-29(34-31)23-11-14-25(15-12-23)39-19-7-18-37/h3-6,8-16,20-21,28,35,37H,7,17-19H2,1-2H3,(H,36,38)/b10-6+/t28-,31-/m0/s1. The largest absolute Gasteiger partial charge is 0.494 e. The number of aliphatic hydroxyl groups excluding tert-OH is 1. The van der Waals surface area contributed by atoms with Gasteiger partial charge in [-0.1, -0.05) is 71.8 Å². The quantitative estimate of drug-likeness (QED) is 0.176. The van der Waals surface area contributed by atoms with Gasteiger partial charge in [-0.15, -0.1) is 0 Å². The highest BCUT2D eigenvalue weighted by Gasteiger charge is 2.53. The minimum atomic E-state index is -1.38. The van der Waals surface area contributed by atoms with Crippen LogP contribution in [0.2, 0.25) is 10.0 Å². The number of rotatable bonds is 12. The molecule has 0 saturated carbocycles. The van der Waals surface area contributed by atoms with Gasteiger partial charge in [0.15, 0.2) is 11.6 Å². The van der Waals surface area contributed by atoms with E-state index in [1.807, 2.05) is 68.5 Å². The van der Waals surface area contributed by atoms with Gasteiger partial charge in [-0.2, -0.15) is 0 Å². The maximum Gasteiger partial charge on any atom is 0.266 e. The summed E-state index contributed by atoms with van der Waals surface area (Å²) in [6.07, 6.45) is 3.83. The van der Waals surface area contributed by atoms with Crippen molar-refractivity contribution in [2.45, 2.75) is 44.4 Å². The van der Waals surface area contributed by atoms with Gasteiger partial charge in [-0.05, 0) is 55.8 Å². The molecule has 0 saturated heterocycles. The molecule has 1 amide bonds. The van der Waals surface area contributed by atoms with Crippen LogP contribution in [0.1, 0.15) is 49.5 Å². The van der Waals surface area contributed by atoms with Crippen molar-refractivity contribution < 1.29 is 19.4 Å². The van der Waals surface area contributed by atoms with Crippen LogP contribution < -0.4 is 15.6 Å². The molecule has 9 heteroatoms. The number of aliphatic imine (C=N–C) groups is 1. The smallest absolute Gasteiger partial charge is 0.266 e. The van der Waals surface area contributed by atoms with Crippen molar-refractivity contribution in [1.82, 2.24) is 10.9 Å². The fourth-order valence-electron chi connectivity index (χ4n) is 4.26. The van der Waals surface area contributed by atoms with E-state index in [1.54, 1.807) is 30.3 Å². The van der Waals surface area contributed by atoms with Crippen LogP contribution in [0.5, 0.6) is 5.75 Å². The topological polar surface area (TPSA) is 92.2 Å². The van der Waals surface area contributed by atoms with Gasteiger partial charge >= 0.3 is 0 Å². The van der Waals surface area contributed by atoms with Crippen LogP contribution in [0.15, 0.2) is 83.9 Å². The highest BCUT2D eigenvalue weighted by Crippen LogP contribution is 2.45. The predicted molar refractivity (Wildman–Crippen MR) is 160 cm³/mol. The monoisotopic (exact) mass is 581 g/mol. The summed E-state index contributed by atoms with van der Waals surface area (Å²) in [6, 6.07) is 22.2. The van der Waals surface area contributed by atoms with Gasteiger partial charge in [-0.3, -0.25) is 10.2 Å². The Labute approximate surface area is 244 Å². The van der Waals surface area contributed by atoms with Crippen molar-refractivity contribution in [1.29, 1.82) is 0 Å². The predicted octanol–water partition coefficient (Wildman–Crippen LogP) is 6.14. The van der Waals surface area contributed by atoms with Gasteiger partial charge in [0.05, 0.1) is 6.61 Å². The van der Waals surface area contributed by atoms with Crippen molar-refractivity contribution in [3.05, 3.63) is 106 Å². The third kappa shape index (κ3) is 7.23. The summed E-state index contributed by atoms with van der Waals surface area (Å²) in [5.74, 6) is 0.614. The lowest BCUT2D eigenvalue weighted by Gasteiger charge is -2.30. The molecule has 3 aromatic rings. The highest BCUT2D eigenvalue weighted by molar-refractivity contribution is 6.35. The van der Waals surface area contributed by atoms with Gasteiger partial charge in [0.25, 0.3) is 5.91 Å². The Balaban J connectivity index is 1.76. The molecule has 1 aliphatic rings.